The molecule has 0 radical (unpaired) electrons. The van der Waals surface area contributed by atoms with Gasteiger partial charge in [-0.1, -0.05) is 91.0 Å². The molecule has 0 spiro atoms. The molecular formula is C38H23NS2. The van der Waals surface area contributed by atoms with Crippen molar-refractivity contribution in [1.82, 2.24) is 4.57 Å². The zero-order valence-corrected chi connectivity index (χ0v) is 23.7. The quantitative estimate of drug-likeness (QED) is 0.204. The van der Waals surface area contributed by atoms with E-state index in [4.69, 9.17) is 0 Å². The molecule has 0 aliphatic carbocycles. The summed E-state index contributed by atoms with van der Waals surface area (Å²) in [5.74, 6) is 0. The van der Waals surface area contributed by atoms with Gasteiger partial charge in [0.05, 0.1) is 15.7 Å². The molecule has 9 rings (SSSR count). The molecule has 0 unspecified atom stereocenters. The summed E-state index contributed by atoms with van der Waals surface area (Å²) >= 11 is 3.77. The van der Waals surface area contributed by atoms with Crippen molar-refractivity contribution in [1.29, 1.82) is 0 Å². The Morgan fingerprint density at radius 1 is 0.439 bits per heavy atom. The lowest BCUT2D eigenvalue weighted by Gasteiger charge is -2.11. The Morgan fingerprint density at radius 3 is 2.07 bits per heavy atom. The van der Waals surface area contributed by atoms with Crippen LogP contribution in [0.4, 0.5) is 0 Å². The van der Waals surface area contributed by atoms with Crippen molar-refractivity contribution in [3.8, 4) is 27.9 Å². The molecule has 0 aliphatic rings. The summed E-state index contributed by atoms with van der Waals surface area (Å²) in [7, 11) is 0. The predicted molar refractivity (Wildman–Crippen MR) is 180 cm³/mol. The van der Waals surface area contributed by atoms with E-state index in [1.807, 2.05) is 22.7 Å². The molecule has 3 aromatic heterocycles. The highest BCUT2D eigenvalue weighted by molar-refractivity contribution is 7.27. The summed E-state index contributed by atoms with van der Waals surface area (Å²) in [6.45, 7) is 0. The average molecular weight is 558 g/mol. The van der Waals surface area contributed by atoms with E-state index < -0.39 is 0 Å². The summed E-state index contributed by atoms with van der Waals surface area (Å²) in [5, 5.41) is 5.31. The van der Waals surface area contributed by atoms with Crippen molar-refractivity contribution < 1.29 is 0 Å². The summed E-state index contributed by atoms with van der Waals surface area (Å²) in [5.41, 5.74) is 8.76. The van der Waals surface area contributed by atoms with Gasteiger partial charge in [0.2, 0.25) is 0 Å². The van der Waals surface area contributed by atoms with Crippen molar-refractivity contribution in [3.63, 3.8) is 0 Å². The van der Waals surface area contributed by atoms with Crippen LogP contribution < -0.4 is 0 Å². The number of aromatic nitrogens is 1. The minimum absolute atomic E-state index is 1.19. The highest BCUT2D eigenvalue weighted by Crippen LogP contribution is 2.46. The first-order valence-electron chi connectivity index (χ1n) is 13.9. The van der Waals surface area contributed by atoms with Gasteiger partial charge in [0, 0.05) is 41.3 Å². The standard InChI is InChI=1S/C38H23NS2/c1-2-12-27(13-3-1)39-32-17-6-4-15-30(32)38-37(39)36-28(16-9-19-35(36)41-38)26-11-8-10-24(22-26)25-20-21-34-31(23-25)29-14-5-7-18-33(29)40-34/h1-23H. The van der Waals surface area contributed by atoms with Crippen molar-refractivity contribution in [3.05, 3.63) is 140 Å². The number of fused-ring (bicyclic) bond motifs is 8. The lowest BCUT2D eigenvalue weighted by atomic mass is 9.96. The molecule has 0 amide bonds. The Hall–Kier alpha value is -4.70. The second-order valence-electron chi connectivity index (χ2n) is 10.5. The first-order valence-corrected chi connectivity index (χ1v) is 15.5. The number of para-hydroxylation sites is 2. The molecule has 0 N–H and O–H groups in total. The predicted octanol–water partition coefficient (Wildman–Crippen LogP) is 11.7. The third-order valence-corrected chi connectivity index (χ3v) is 10.5. The van der Waals surface area contributed by atoms with Gasteiger partial charge in [0.1, 0.15) is 0 Å². The zero-order chi connectivity index (χ0) is 26.9. The molecule has 6 aromatic carbocycles. The second kappa shape index (κ2) is 8.90. The Morgan fingerprint density at radius 2 is 1.15 bits per heavy atom. The van der Waals surface area contributed by atoms with Gasteiger partial charge in [-0.05, 0) is 70.8 Å². The molecule has 0 saturated heterocycles. The van der Waals surface area contributed by atoms with Crippen LogP contribution in [0.5, 0.6) is 0 Å². The van der Waals surface area contributed by atoms with Crippen LogP contribution in [0.25, 0.3) is 79.3 Å². The minimum atomic E-state index is 1.19. The number of hydrogen-bond acceptors (Lipinski definition) is 2. The van der Waals surface area contributed by atoms with Gasteiger partial charge in [0.15, 0.2) is 0 Å². The van der Waals surface area contributed by atoms with Gasteiger partial charge in [0.25, 0.3) is 0 Å². The van der Waals surface area contributed by atoms with Crippen LogP contribution in [0.3, 0.4) is 0 Å². The van der Waals surface area contributed by atoms with Crippen LogP contribution in [0.15, 0.2) is 140 Å². The largest absolute Gasteiger partial charge is 0.308 e. The van der Waals surface area contributed by atoms with Gasteiger partial charge in [-0.15, -0.1) is 22.7 Å². The third-order valence-electron chi connectivity index (χ3n) is 8.20. The number of benzene rings is 6. The second-order valence-corrected chi connectivity index (χ2v) is 12.7. The summed E-state index contributed by atoms with van der Waals surface area (Å²) in [6.07, 6.45) is 0. The maximum absolute atomic E-state index is 2.45. The Labute approximate surface area is 245 Å². The first kappa shape index (κ1) is 23.0. The molecule has 9 aromatic rings. The maximum atomic E-state index is 2.45. The molecule has 0 atom stereocenters. The Balaban J connectivity index is 1.29. The summed E-state index contributed by atoms with van der Waals surface area (Å²) in [4.78, 5) is 0. The van der Waals surface area contributed by atoms with E-state index in [9.17, 15) is 0 Å². The number of nitrogens with zero attached hydrogens (tertiary/aromatic N) is 1. The summed E-state index contributed by atoms with van der Waals surface area (Å²) < 4.78 is 7.80. The molecule has 3 heteroatoms. The Bertz CT molecular complexity index is 2420. The van der Waals surface area contributed by atoms with Crippen LogP contribution >= 0.6 is 22.7 Å². The van der Waals surface area contributed by atoms with Gasteiger partial charge < -0.3 is 4.57 Å². The molecule has 192 valence electrons. The van der Waals surface area contributed by atoms with Crippen molar-refractivity contribution >= 4 is 74.1 Å². The van der Waals surface area contributed by atoms with Crippen LogP contribution in [0.2, 0.25) is 0 Å². The highest BCUT2D eigenvalue weighted by atomic mass is 32.1. The molecule has 0 aliphatic heterocycles. The van der Waals surface area contributed by atoms with Gasteiger partial charge in [-0.3, -0.25) is 0 Å². The van der Waals surface area contributed by atoms with Crippen molar-refractivity contribution in [2.45, 2.75) is 0 Å². The fourth-order valence-corrected chi connectivity index (χ4v) is 8.70. The van der Waals surface area contributed by atoms with Crippen LogP contribution in [-0.2, 0) is 0 Å². The highest BCUT2D eigenvalue weighted by Gasteiger charge is 2.20. The summed E-state index contributed by atoms with van der Waals surface area (Å²) in [6, 6.07) is 51.0. The lowest BCUT2D eigenvalue weighted by Crippen LogP contribution is -1.93. The van der Waals surface area contributed by atoms with Gasteiger partial charge in [-0.25, -0.2) is 0 Å². The number of rotatable bonds is 3. The van der Waals surface area contributed by atoms with Crippen molar-refractivity contribution in [2.75, 3.05) is 0 Å². The lowest BCUT2D eigenvalue weighted by molar-refractivity contribution is 1.19. The van der Waals surface area contributed by atoms with E-state index in [-0.39, 0.29) is 0 Å². The number of thiophene rings is 2. The minimum Gasteiger partial charge on any atom is -0.308 e. The number of hydrogen-bond donors (Lipinski definition) is 0. The molecule has 0 saturated carbocycles. The third kappa shape index (κ3) is 3.46. The van der Waals surface area contributed by atoms with Gasteiger partial charge >= 0.3 is 0 Å². The molecule has 1 nitrogen and oxygen atoms in total. The molecule has 0 fully saturated rings. The normalized spacial score (nSPS) is 11.9. The van der Waals surface area contributed by atoms with E-state index in [1.54, 1.807) is 0 Å². The topological polar surface area (TPSA) is 4.93 Å². The van der Waals surface area contributed by atoms with E-state index in [0.717, 1.165) is 0 Å². The SMILES string of the molecule is c1ccc(-n2c3ccccc3c3sc4cccc(-c5cccc(-c6ccc7sc8ccccc8c7c6)c5)c4c32)cc1. The smallest absolute Gasteiger partial charge is 0.0734 e. The van der Waals surface area contributed by atoms with E-state index in [2.05, 4.69) is 144 Å². The van der Waals surface area contributed by atoms with Gasteiger partial charge in [-0.2, -0.15) is 0 Å². The van der Waals surface area contributed by atoms with Crippen LogP contribution in [0, 0.1) is 0 Å². The monoisotopic (exact) mass is 557 g/mol. The van der Waals surface area contributed by atoms with Crippen LogP contribution in [-0.4, -0.2) is 4.57 Å². The maximum Gasteiger partial charge on any atom is 0.0734 e. The molecule has 0 bridgehead atoms. The van der Waals surface area contributed by atoms with E-state index in [1.165, 1.54) is 79.3 Å². The fourth-order valence-electron chi connectivity index (χ4n) is 6.37. The zero-order valence-electron chi connectivity index (χ0n) is 22.0. The van der Waals surface area contributed by atoms with Crippen LogP contribution in [0.1, 0.15) is 0 Å². The van der Waals surface area contributed by atoms with E-state index >= 15 is 0 Å². The fraction of sp³-hybridized carbons (Fsp3) is 0. The molecular weight excluding hydrogens is 535 g/mol. The molecule has 41 heavy (non-hydrogen) atoms. The Kier molecular flexibility index (Phi) is 5.00. The molecule has 3 heterocycles. The van der Waals surface area contributed by atoms with Crippen molar-refractivity contribution in [2.24, 2.45) is 0 Å². The first-order chi connectivity index (χ1) is 20.3. The average Bonchev–Trinajstić information content (AvgIpc) is 3.70. The van der Waals surface area contributed by atoms with E-state index in [0.29, 0.717) is 0 Å².